The minimum Gasteiger partial charge on any atom is -0.340 e. The lowest BCUT2D eigenvalue weighted by molar-refractivity contribution is -0.131. The van der Waals surface area contributed by atoms with E-state index in [2.05, 4.69) is 4.98 Å². The second kappa shape index (κ2) is 5.84. The molecule has 1 aromatic carbocycles. The minimum absolute atomic E-state index is 0.0300. The second-order valence-corrected chi connectivity index (χ2v) is 5.79. The van der Waals surface area contributed by atoms with E-state index in [9.17, 15) is 13.6 Å². The molecule has 0 bridgehead atoms. The Morgan fingerprint density at radius 3 is 2.86 bits per heavy atom. The third-order valence-corrected chi connectivity index (χ3v) is 4.13. The number of nitrogens with zero attached hydrogens (tertiary/aromatic N) is 3. The van der Waals surface area contributed by atoms with Gasteiger partial charge in [0.05, 0.1) is 17.4 Å². The number of carbonyl (C=O) groups is 1. The lowest BCUT2D eigenvalue weighted by Gasteiger charge is -2.17. The monoisotopic (exact) mass is 321 g/mol. The molecule has 0 aliphatic rings. The Kier molecular flexibility index (Phi) is 3.89. The predicted molar refractivity (Wildman–Crippen MR) is 80.4 cm³/mol. The summed E-state index contributed by atoms with van der Waals surface area (Å²) in [6, 6.07) is 4.05. The van der Waals surface area contributed by atoms with Crippen molar-refractivity contribution in [2.24, 2.45) is 0 Å². The van der Waals surface area contributed by atoms with Crippen molar-refractivity contribution in [3.05, 3.63) is 52.5 Å². The van der Waals surface area contributed by atoms with Crippen LogP contribution in [0.15, 0.2) is 35.3 Å². The Bertz CT molecular complexity index is 814. The molecule has 3 rings (SSSR count). The van der Waals surface area contributed by atoms with Gasteiger partial charge in [0.1, 0.15) is 6.54 Å². The normalized spacial score (nSPS) is 11.0. The zero-order valence-electron chi connectivity index (χ0n) is 11.8. The number of rotatable bonds is 4. The number of benzene rings is 1. The Morgan fingerprint density at radius 1 is 1.36 bits per heavy atom. The molecule has 3 aromatic rings. The number of hydrogen-bond donors (Lipinski definition) is 0. The first kappa shape index (κ1) is 14.6. The van der Waals surface area contributed by atoms with E-state index in [4.69, 9.17) is 0 Å². The molecule has 0 aliphatic carbocycles. The summed E-state index contributed by atoms with van der Waals surface area (Å²) in [5, 5.41) is 3.93. The first-order valence-electron chi connectivity index (χ1n) is 6.59. The van der Waals surface area contributed by atoms with Gasteiger partial charge < -0.3 is 9.47 Å². The molecule has 0 radical (unpaired) electrons. The van der Waals surface area contributed by atoms with Crippen LogP contribution in [0.1, 0.15) is 5.56 Å². The van der Waals surface area contributed by atoms with Crippen LogP contribution in [0.25, 0.3) is 11.0 Å². The van der Waals surface area contributed by atoms with Crippen LogP contribution in [0, 0.1) is 11.6 Å². The smallest absolute Gasteiger partial charge is 0.242 e. The Balaban J connectivity index is 1.77. The molecule has 0 unspecified atom stereocenters. The van der Waals surface area contributed by atoms with E-state index in [0.717, 1.165) is 17.7 Å². The number of thiophene rings is 1. The molecular weight excluding hydrogens is 308 g/mol. The van der Waals surface area contributed by atoms with Gasteiger partial charge in [0.25, 0.3) is 0 Å². The van der Waals surface area contributed by atoms with Gasteiger partial charge in [-0.3, -0.25) is 4.79 Å². The van der Waals surface area contributed by atoms with E-state index in [1.165, 1.54) is 10.9 Å². The quantitative estimate of drug-likeness (QED) is 0.741. The molecular formula is C15H13F2N3OS. The van der Waals surface area contributed by atoms with Crippen molar-refractivity contribution in [2.45, 2.75) is 13.1 Å². The van der Waals surface area contributed by atoms with Crippen LogP contribution in [0.3, 0.4) is 0 Å². The molecule has 0 fully saturated rings. The maximum Gasteiger partial charge on any atom is 0.242 e. The van der Waals surface area contributed by atoms with Crippen molar-refractivity contribution in [3.8, 4) is 0 Å². The van der Waals surface area contributed by atoms with Crippen molar-refractivity contribution in [1.29, 1.82) is 0 Å². The van der Waals surface area contributed by atoms with Crippen LogP contribution in [0.4, 0.5) is 8.78 Å². The maximum atomic E-state index is 13.3. The van der Waals surface area contributed by atoms with Crippen LogP contribution >= 0.6 is 11.3 Å². The standard InChI is InChI=1S/C15H13F2N3OS/c1-19(6-10-2-3-22-8-10)15(21)7-20-9-18-13-4-11(16)12(17)5-14(13)20/h2-5,8-9H,6-7H2,1H3. The highest BCUT2D eigenvalue weighted by atomic mass is 32.1. The van der Waals surface area contributed by atoms with Crippen LogP contribution in [-0.4, -0.2) is 27.4 Å². The molecule has 2 heterocycles. The summed E-state index contributed by atoms with van der Waals surface area (Å²) >= 11 is 1.57. The highest BCUT2D eigenvalue weighted by molar-refractivity contribution is 7.07. The first-order chi connectivity index (χ1) is 10.5. The maximum absolute atomic E-state index is 13.3. The number of likely N-dealkylation sites (N-methyl/N-ethyl adjacent to an activating group) is 1. The van der Waals surface area contributed by atoms with E-state index in [0.29, 0.717) is 17.6 Å². The number of hydrogen-bond acceptors (Lipinski definition) is 3. The number of fused-ring (bicyclic) bond motifs is 1. The van der Waals surface area contributed by atoms with Gasteiger partial charge in [0, 0.05) is 25.7 Å². The zero-order chi connectivity index (χ0) is 15.7. The van der Waals surface area contributed by atoms with Gasteiger partial charge in [-0.1, -0.05) is 0 Å². The van der Waals surface area contributed by atoms with Crippen LogP contribution in [0.5, 0.6) is 0 Å². The fourth-order valence-electron chi connectivity index (χ4n) is 2.19. The largest absolute Gasteiger partial charge is 0.340 e. The second-order valence-electron chi connectivity index (χ2n) is 5.01. The number of aromatic nitrogens is 2. The van der Waals surface area contributed by atoms with Crippen LogP contribution < -0.4 is 0 Å². The zero-order valence-corrected chi connectivity index (χ0v) is 12.6. The van der Waals surface area contributed by atoms with Gasteiger partial charge in [-0.25, -0.2) is 13.8 Å². The van der Waals surface area contributed by atoms with Crippen molar-refractivity contribution in [1.82, 2.24) is 14.5 Å². The fourth-order valence-corrected chi connectivity index (χ4v) is 2.85. The average molecular weight is 321 g/mol. The number of halogens is 2. The summed E-state index contributed by atoms with van der Waals surface area (Å²) in [6.45, 7) is 0.542. The molecule has 0 saturated heterocycles. The molecule has 2 aromatic heterocycles. The van der Waals surface area contributed by atoms with E-state index in [-0.39, 0.29) is 12.5 Å². The molecule has 1 amide bonds. The highest BCUT2D eigenvalue weighted by Crippen LogP contribution is 2.18. The fraction of sp³-hybridized carbons (Fsp3) is 0.200. The van der Waals surface area contributed by atoms with E-state index in [1.807, 2.05) is 16.8 Å². The minimum atomic E-state index is -0.951. The predicted octanol–water partition coefficient (Wildman–Crippen LogP) is 3.03. The summed E-state index contributed by atoms with van der Waals surface area (Å²) < 4.78 is 28.0. The molecule has 22 heavy (non-hydrogen) atoms. The average Bonchev–Trinajstić information content (AvgIpc) is 3.11. The third kappa shape index (κ3) is 2.85. The first-order valence-corrected chi connectivity index (χ1v) is 7.54. The molecule has 7 heteroatoms. The Hall–Kier alpha value is -2.28. The number of amides is 1. The van der Waals surface area contributed by atoms with E-state index >= 15 is 0 Å². The highest BCUT2D eigenvalue weighted by Gasteiger charge is 2.14. The van der Waals surface area contributed by atoms with E-state index < -0.39 is 11.6 Å². The summed E-state index contributed by atoms with van der Waals surface area (Å²) in [5.74, 6) is -2.03. The molecule has 0 N–H and O–H groups in total. The summed E-state index contributed by atoms with van der Waals surface area (Å²) in [7, 11) is 1.71. The molecule has 114 valence electrons. The Morgan fingerprint density at radius 2 is 2.14 bits per heavy atom. The molecule has 0 atom stereocenters. The molecule has 0 saturated carbocycles. The van der Waals surface area contributed by atoms with Crippen molar-refractivity contribution >= 4 is 28.3 Å². The van der Waals surface area contributed by atoms with Gasteiger partial charge in [0.2, 0.25) is 5.91 Å². The number of imidazole rings is 1. The van der Waals surface area contributed by atoms with Crippen molar-refractivity contribution in [2.75, 3.05) is 7.05 Å². The van der Waals surface area contributed by atoms with Gasteiger partial charge in [-0.15, -0.1) is 0 Å². The SMILES string of the molecule is CN(Cc1ccsc1)C(=O)Cn1cnc2cc(F)c(F)cc21. The van der Waals surface area contributed by atoms with E-state index in [1.54, 1.807) is 23.3 Å². The Labute approximate surface area is 129 Å². The van der Waals surface area contributed by atoms with Crippen molar-refractivity contribution in [3.63, 3.8) is 0 Å². The summed E-state index contributed by atoms with van der Waals surface area (Å²) in [4.78, 5) is 17.8. The third-order valence-electron chi connectivity index (χ3n) is 3.39. The summed E-state index contributed by atoms with van der Waals surface area (Å²) in [6.07, 6.45) is 1.42. The molecule has 0 spiro atoms. The van der Waals surface area contributed by atoms with Crippen LogP contribution in [-0.2, 0) is 17.9 Å². The van der Waals surface area contributed by atoms with Gasteiger partial charge in [-0.2, -0.15) is 11.3 Å². The molecule has 4 nitrogen and oxygen atoms in total. The summed E-state index contributed by atoms with van der Waals surface area (Å²) in [5.41, 5.74) is 1.79. The lowest BCUT2D eigenvalue weighted by Crippen LogP contribution is -2.29. The van der Waals surface area contributed by atoms with Gasteiger partial charge in [0.15, 0.2) is 11.6 Å². The lowest BCUT2D eigenvalue weighted by atomic mass is 10.3. The topological polar surface area (TPSA) is 38.1 Å². The van der Waals surface area contributed by atoms with Gasteiger partial charge >= 0.3 is 0 Å². The van der Waals surface area contributed by atoms with Crippen LogP contribution in [0.2, 0.25) is 0 Å². The van der Waals surface area contributed by atoms with Crippen molar-refractivity contribution < 1.29 is 13.6 Å². The van der Waals surface area contributed by atoms with Gasteiger partial charge in [-0.05, 0) is 22.4 Å². The number of carbonyl (C=O) groups excluding carboxylic acids is 1. The molecule has 0 aliphatic heterocycles.